The van der Waals surface area contributed by atoms with E-state index in [2.05, 4.69) is 19.2 Å². The van der Waals surface area contributed by atoms with Crippen LogP contribution in [0.5, 0.6) is 11.5 Å². The maximum absolute atomic E-state index is 13.0. The molecule has 2 rings (SSSR count). The van der Waals surface area contributed by atoms with Crippen molar-refractivity contribution in [3.8, 4) is 11.5 Å². The lowest BCUT2D eigenvalue weighted by Crippen LogP contribution is -2.42. The largest absolute Gasteiger partial charge is 0.490 e. The number of nitrogens with zero attached hydrogens (tertiary/aromatic N) is 1. The van der Waals surface area contributed by atoms with Crippen LogP contribution in [0.4, 0.5) is 0 Å². The first kappa shape index (κ1) is 21.6. The van der Waals surface area contributed by atoms with Crippen LogP contribution < -0.4 is 14.8 Å². The first-order valence-electron chi connectivity index (χ1n) is 9.12. The van der Waals surface area contributed by atoms with Crippen molar-refractivity contribution in [3.63, 3.8) is 0 Å². The van der Waals surface area contributed by atoms with E-state index in [0.29, 0.717) is 30.3 Å². The maximum Gasteiger partial charge on any atom is 0.254 e. The molecule has 0 saturated carbocycles. The highest BCUT2D eigenvalue weighted by molar-refractivity contribution is 5.95. The fraction of sp³-hybridized carbons (Fsp3) is 0.632. The first-order chi connectivity index (χ1) is 11.7. The highest BCUT2D eigenvalue weighted by Gasteiger charge is 2.27. The van der Waals surface area contributed by atoms with Crippen molar-refractivity contribution in [2.24, 2.45) is 0 Å². The lowest BCUT2D eigenvalue weighted by Gasteiger charge is -2.28. The molecule has 1 aromatic carbocycles. The summed E-state index contributed by atoms with van der Waals surface area (Å²) in [5.74, 6) is 1.44. The number of hydrogen-bond acceptors (Lipinski definition) is 4. The van der Waals surface area contributed by atoms with Crippen molar-refractivity contribution in [2.45, 2.75) is 46.1 Å². The minimum absolute atomic E-state index is 0. The van der Waals surface area contributed by atoms with Crippen molar-refractivity contribution >= 4 is 18.3 Å². The van der Waals surface area contributed by atoms with E-state index in [1.165, 1.54) is 0 Å². The summed E-state index contributed by atoms with van der Waals surface area (Å²) in [5.41, 5.74) is 0.669. The van der Waals surface area contributed by atoms with Gasteiger partial charge in [-0.05, 0) is 50.9 Å². The number of hydrogen-bond donors (Lipinski definition) is 1. The molecule has 1 amide bonds. The molecule has 1 atom stereocenters. The van der Waals surface area contributed by atoms with Gasteiger partial charge in [-0.3, -0.25) is 4.79 Å². The predicted molar refractivity (Wildman–Crippen MR) is 103 cm³/mol. The molecule has 1 aromatic rings. The van der Waals surface area contributed by atoms with Crippen molar-refractivity contribution in [1.29, 1.82) is 0 Å². The Hall–Kier alpha value is -1.46. The van der Waals surface area contributed by atoms with Gasteiger partial charge in [0.15, 0.2) is 11.5 Å². The monoisotopic (exact) mass is 370 g/mol. The third kappa shape index (κ3) is 5.79. The Morgan fingerprint density at radius 2 is 2.00 bits per heavy atom. The second-order valence-electron chi connectivity index (χ2n) is 6.09. The Bertz CT molecular complexity index is 533. The van der Waals surface area contributed by atoms with Gasteiger partial charge in [-0.1, -0.05) is 13.8 Å². The number of carbonyl (C=O) groups is 1. The van der Waals surface area contributed by atoms with Gasteiger partial charge in [-0.15, -0.1) is 12.4 Å². The van der Waals surface area contributed by atoms with Crippen LogP contribution in [-0.2, 0) is 0 Å². The molecule has 0 aliphatic carbocycles. The SMILES string of the molecule is CCCOc1ccc(C(=O)N(CCC)C2CCNC2)cc1OCC.Cl. The lowest BCUT2D eigenvalue weighted by molar-refractivity contribution is 0.0691. The Balaban J connectivity index is 0.00000312. The molecule has 0 aromatic heterocycles. The third-order valence-corrected chi connectivity index (χ3v) is 4.15. The summed E-state index contributed by atoms with van der Waals surface area (Å²) >= 11 is 0. The normalized spacial score (nSPS) is 16.2. The Kier molecular flexibility index (Phi) is 9.68. The summed E-state index contributed by atoms with van der Waals surface area (Å²) in [6.07, 6.45) is 2.91. The first-order valence-corrected chi connectivity index (χ1v) is 9.12. The topological polar surface area (TPSA) is 50.8 Å². The summed E-state index contributed by atoms with van der Waals surface area (Å²) in [5, 5.41) is 3.34. The van der Waals surface area contributed by atoms with Crippen molar-refractivity contribution in [2.75, 3.05) is 32.8 Å². The average molecular weight is 371 g/mol. The van der Waals surface area contributed by atoms with E-state index in [0.717, 1.165) is 38.9 Å². The zero-order valence-corrected chi connectivity index (χ0v) is 16.4. The molecule has 1 saturated heterocycles. The van der Waals surface area contributed by atoms with Crippen molar-refractivity contribution in [3.05, 3.63) is 23.8 Å². The molecule has 1 aliphatic rings. The average Bonchev–Trinajstić information content (AvgIpc) is 3.12. The number of benzene rings is 1. The van der Waals surface area contributed by atoms with Crippen LogP contribution in [0.1, 0.15) is 50.4 Å². The highest BCUT2D eigenvalue weighted by Crippen LogP contribution is 2.29. The predicted octanol–water partition coefficient (Wildman–Crippen LogP) is 3.51. The van der Waals surface area contributed by atoms with E-state index >= 15 is 0 Å². The Morgan fingerprint density at radius 3 is 2.60 bits per heavy atom. The van der Waals surface area contributed by atoms with Crippen LogP contribution in [0.3, 0.4) is 0 Å². The number of amides is 1. The fourth-order valence-corrected chi connectivity index (χ4v) is 3.00. The van der Waals surface area contributed by atoms with Crippen LogP contribution in [0.15, 0.2) is 18.2 Å². The summed E-state index contributed by atoms with van der Waals surface area (Å²) in [6, 6.07) is 5.80. The summed E-state index contributed by atoms with van der Waals surface area (Å²) in [4.78, 5) is 15.0. The van der Waals surface area contributed by atoms with Gasteiger partial charge in [0, 0.05) is 24.7 Å². The second-order valence-corrected chi connectivity index (χ2v) is 6.09. The fourth-order valence-electron chi connectivity index (χ4n) is 3.00. The van der Waals surface area contributed by atoms with Crippen LogP contribution in [0.25, 0.3) is 0 Å². The Morgan fingerprint density at radius 1 is 1.20 bits per heavy atom. The second kappa shape index (κ2) is 11.2. The molecule has 142 valence electrons. The van der Waals surface area contributed by atoms with Gasteiger partial charge in [0.1, 0.15) is 0 Å². The van der Waals surface area contributed by atoms with E-state index in [4.69, 9.17) is 9.47 Å². The van der Waals surface area contributed by atoms with Gasteiger partial charge in [-0.2, -0.15) is 0 Å². The minimum Gasteiger partial charge on any atom is -0.490 e. The van der Waals surface area contributed by atoms with E-state index in [1.807, 2.05) is 30.0 Å². The molecule has 1 unspecified atom stereocenters. The van der Waals surface area contributed by atoms with E-state index < -0.39 is 0 Å². The van der Waals surface area contributed by atoms with Gasteiger partial charge in [-0.25, -0.2) is 0 Å². The quantitative estimate of drug-likeness (QED) is 0.722. The maximum atomic E-state index is 13.0. The molecule has 1 N–H and O–H groups in total. The molecule has 25 heavy (non-hydrogen) atoms. The van der Waals surface area contributed by atoms with Crippen LogP contribution in [0, 0.1) is 0 Å². The van der Waals surface area contributed by atoms with Gasteiger partial charge in [0.25, 0.3) is 5.91 Å². The molecule has 1 heterocycles. The van der Waals surface area contributed by atoms with E-state index in [9.17, 15) is 4.79 Å². The third-order valence-electron chi connectivity index (χ3n) is 4.15. The molecule has 0 radical (unpaired) electrons. The number of ether oxygens (including phenoxy) is 2. The number of halogens is 1. The zero-order chi connectivity index (χ0) is 17.4. The van der Waals surface area contributed by atoms with Gasteiger partial charge in [0.2, 0.25) is 0 Å². The van der Waals surface area contributed by atoms with Gasteiger partial charge >= 0.3 is 0 Å². The smallest absolute Gasteiger partial charge is 0.254 e. The Labute approximate surface area is 157 Å². The highest BCUT2D eigenvalue weighted by atomic mass is 35.5. The molecule has 6 heteroatoms. The molecule has 0 spiro atoms. The lowest BCUT2D eigenvalue weighted by atomic mass is 10.1. The molecular formula is C19H31ClN2O3. The van der Waals surface area contributed by atoms with Gasteiger partial charge in [0.05, 0.1) is 13.2 Å². The molecule has 1 fully saturated rings. The number of carbonyl (C=O) groups excluding carboxylic acids is 1. The molecule has 1 aliphatic heterocycles. The summed E-state index contributed by atoms with van der Waals surface area (Å²) in [7, 11) is 0. The number of rotatable bonds is 9. The molecular weight excluding hydrogens is 340 g/mol. The van der Waals surface area contributed by atoms with E-state index in [-0.39, 0.29) is 24.4 Å². The van der Waals surface area contributed by atoms with Crippen molar-refractivity contribution < 1.29 is 14.3 Å². The standard InChI is InChI=1S/C19H30N2O3.ClH/c1-4-11-21(16-9-10-20-14-16)19(22)15-7-8-17(24-12-5-2)18(13-15)23-6-3;/h7-8,13,16,20H,4-6,9-12,14H2,1-3H3;1H. The van der Waals surface area contributed by atoms with E-state index in [1.54, 1.807) is 0 Å². The zero-order valence-electron chi connectivity index (χ0n) is 15.5. The molecule has 0 bridgehead atoms. The molecule has 5 nitrogen and oxygen atoms in total. The van der Waals surface area contributed by atoms with Crippen molar-refractivity contribution in [1.82, 2.24) is 10.2 Å². The summed E-state index contributed by atoms with van der Waals surface area (Å²) < 4.78 is 11.4. The number of nitrogens with one attached hydrogen (secondary N) is 1. The minimum atomic E-state index is 0. The van der Waals surface area contributed by atoms with Crippen LogP contribution >= 0.6 is 12.4 Å². The van der Waals surface area contributed by atoms with Crippen LogP contribution in [0.2, 0.25) is 0 Å². The summed E-state index contributed by atoms with van der Waals surface area (Å²) in [6.45, 7) is 9.93. The van der Waals surface area contributed by atoms with Crippen LogP contribution in [-0.4, -0.2) is 49.7 Å². The van der Waals surface area contributed by atoms with Gasteiger partial charge < -0.3 is 19.7 Å².